The fourth-order valence-electron chi connectivity index (χ4n) is 3.18. The van der Waals surface area contributed by atoms with Crippen molar-refractivity contribution in [1.82, 2.24) is 5.32 Å². The van der Waals surface area contributed by atoms with Crippen molar-refractivity contribution in [3.05, 3.63) is 30.1 Å². The second kappa shape index (κ2) is 7.96. The van der Waals surface area contributed by atoms with Gasteiger partial charge in [0.05, 0.1) is 11.9 Å². The second-order valence-corrected chi connectivity index (χ2v) is 8.32. The number of hydrogen-bond donors (Lipinski definition) is 1. The third-order valence-electron chi connectivity index (χ3n) is 4.46. The maximum atomic E-state index is 13.1. The monoisotopic (exact) mass is 356 g/mol. The molecular formula is C17H25FN2O3S. The Labute approximate surface area is 143 Å². The van der Waals surface area contributed by atoms with Crippen molar-refractivity contribution in [2.24, 2.45) is 5.92 Å². The number of sulfonamides is 1. The van der Waals surface area contributed by atoms with E-state index in [1.807, 2.05) is 0 Å². The summed E-state index contributed by atoms with van der Waals surface area (Å²) >= 11 is 0. The van der Waals surface area contributed by atoms with E-state index in [-0.39, 0.29) is 11.6 Å². The lowest BCUT2D eigenvalue weighted by Crippen LogP contribution is -2.48. The number of halogens is 1. The summed E-state index contributed by atoms with van der Waals surface area (Å²) in [6.45, 7) is 2.12. The molecule has 2 rings (SSSR count). The molecule has 0 radical (unpaired) electrons. The fraction of sp³-hybridized carbons (Fsp3) is 0.588. The van der Waals surface area contributed by atoms with Gasteiger partial charge in [0.2, 0.25) is 15.9 Å². The van der Waals surface area contributed by atoms with E-state index in [2.05, 4.69) is 5.32 Å². The molecule has 5 nitrogen and oxygen atoms in total. The molecule has 7 heteroatoms. The first-order valence-electron chi connectivity index (χ1n) is 8.31. The number of amides is 1. The first-order valence-corrected chi connectivity index (χ1v) is 10.2. The molecule has 0 aliphatic heterocycles. The van der Waals surface area contributed by atoms with Crippen LogP contribution >= 0.6 is 0 Å². The van der Waals surface area contributed by atoms with Crippen molar-refractivity contribution in [2.45, 2.75) is 45.1 Å². The molecule has 1 atom stereocenters. The lowest BCUT2D eigenvalue weighted by atomic mass is 9.89. The Hall–Kier alpha value is -1.63. The van der Waals surface area contributed by atoms with Crippen LogP contribution in [0.2, 0.25) is 0 Å². The topological polar surface area (TPSA) is 66.5 Å². The van der Waals surface area contributed by atoms with Gasteiger partial charge in [-0.25, -0.2) is 12.8 Å². The number of rotatable bonds is 6. The Kier molecular flexibility index (Phi) is 6.21. The van der Waals surface area contributed by atoms with Gasteiger partial charge >= 0.3 is 0 Å². The van der Waals surface area contributed by atoms with Crippen molar-refractivity contribution in [1.29, 1.82) is 0 Å². The Balaban J connectivity index is 2.08. The van der Waals surface area contributed by atoms with Crippen LogP contribution in [0.1, 0.15) is 39.0 Å². The van der Waals surface area contributed by atoms with Crippen LogP contribution in [-0.4, -0.2) is 33.2 Å². The van der Waals surface area contributed by atoms with Crippen molar-refractivity contribution < 1.29 is 17.6 Å². The molecule has 1 N–H and O–H groups in total. The summed E-state index contributed by atoms with van der Waals surface area (Å²) in [6.07, 6.45) is 6.85. The van der Waals surface area contributed by atoms with E-state index in [1.165, 1.54) is 43.5 Å². The van der Waals surface area contributed by atoms with Gasteiger partial charge in [0.25, 0.3) is 0 Å². The largest absolute Gasteiger partial charge is 0.354 e. The molecule has 1 saturated carbocycles. The van der Waals surface area contributed by atoms with Crippen LogP contribution in [0, 0.1) is 11.7 Å². The number of nitrogens with one attached hydrogen (secondary N) is 1. The normalized spacial score (nSPS) is 17.3. The summed E-state index contributed by atoms with van der Waals surface area (Å²) < 4.78 is 38.4. The van der Waals surface area contributed by atoms with E-state index in [0.717, 1.165) is 23.4 Å². The third kappa shape index (κ3) is 4.93. The van der Waals surface area contributed by atoms with Gasteiger partial charge in [0.1, 0.15) is 11.9 Å². The average molecular weight is 356 g/mol. The molecule has 0 unspecified atom stereocenters. The molecule has 24 heavy (non-hydrogen) atoms. The standard InChI is InChI=1S/C17H25FN2O3S/c1-13(17(21)19-12-14-6-4-3-5-7-14)20(24(2,22)23)16-10-8-15(18)9-11-16/h8-11,13-14H,3-7,12H2,1-2H3,(H,19,21)/t13-/m1/s1. The van der Waals surface area contributed by atoms with Crippen LogP contribution in [0.5, 0.6) is 0 Å². The van der Waals surface area contributed by atoms with Crippen LogP contribution in [-0.2, 0) is 14.8 Å². The highest BCUT2D eigenvalue weighted by Crippen LogP contribution is 2.24. The Morgan fingerprint density at radius 3 is 2.38 bits per heavy atom. The van der Waals surface area contributed by atoms with Gasteiger partial charge in [-0.1, -0.05) is 19.3 Å². The highest BCUT2D eigenvalue weighted by atomic mass is 32.2. The zero-order chi connectivity index (χ0) is 17.7. The van der Waals surface area contributed by atoms with Crippen LogP contribution in [0.25, 0.3) is 0 Å². The summed E-state index contributed by atoms with van der Waals surface area (Å²) in [5.41, 5.74) is 0.277. The van der Waals surface area contributed by atoms with Gasteiger partial charge in [-0.3, -0.25) is 9.10 Å². The smallest absolute Gasteiger partial charge is 0.243 e. The summed E-state index contributed by atoms with van der Waals surface area (Å²) in [6, 6.07) is 4.19. The number of carbonyl (C=O) groups is 1. The molecule has 1 aromatic rings. The quantitative estimate of drug-likeness (QED) is 0.852. The van der Waals surface area contributed by atoms with E-state index >= 15 is 0 Å². The minimum absolute atomic E-state index is 0.277. The van der Waals surface area contributed by atoms with Crippen LogP contribution in [0.4, 0.5) is 10.1 Å². The van der Waals surface area contributed by atoms with Crippen molar-refractivity contribution in [2.75, 3.05) is 17.1 Å². The van der Waals surface area contributed by atoms with Crippen molar-refractivity contribution >= 4 is 21.6 Å². The van der Waals surface area contributed by atoms with Gasteiger partial charge in [-0.15, -0.1) is 0 Å². The molecule has 0 saturated heterocycles. The molecule has 134 valence electrons. The molecule has 1 amide bonds. The van der Waals surface area contributed by atoms with Crippen LogP contribution in [0.15, 0.2) is 24.3 Å². The third-order valence-corrected chi connectivity index (χ3v) is 5.70. The lowest BCUT2D eigenvalue weighted by Gasteiger charge is -2.29. The van der Waals surface area contributed by atoms with Gasteiger partial charge in [-0.05, 0) is 49.9 Å². The number of benzene rings is 1. The SMILES string of the molecule is C[C@H](C(=O)NCC1CCCCC1)N(c1ccc(F)cc1)S(C)(=O)=O. The minimum Gasteiger partial charge on any atom is -0.354 e. The Morgan fingerprint density at radius 2 is 1.83 bits per heavy atom. The molecule has 0 bridgehead atoms. The van der Waals surface area contributed by atoms with Crippen molar-refractivity contribution in [3.8, 4) is 0 Å². The second-order valence-electron chi connectivity index (χ2n) is 6.46. The minimum atomic E-state index is -3.67. The number of nitrogens with zero attached hydrogens (tertiary/aromatic N) is 1. The van der Waals surface area contributed by atoms with Gasteiger partial charge in [-0.2, -0.15) is 0 Å². The Bertz CT molecular complexity index is 655. The summed E-state index contributed by atoms with van der Waals surface area (Å²) in [4.78, 5) is 12.4. The molecule has 1 aliphatic carbocycles. The summed E-state index contributed by atoms with van der Waals surface area (Å²) in [5.74, 6) is -0.329. The number of carbonyl (C=O) groups excluding carboxylic acids is 1. The molecule has 1 fully saturated rings. The first kappa shape index (κ1) is 18.7. The molecule has 1 aliphatic rings. The number of anilines is 1. The van der Waals surface area contributed by atoms with E-state index < -0.39 is 21.9 Å². The zero-order valence-corrected chi connectivity index (χ0v) is 15.0. The molecule has 0 heterocycles. The van der Waals surface area contributed by atoms with Crippen molar-refractivity contribution in [3.63, 3.8) is 0 Å². The zero-order valence-electron chi connectivity index (χ0n) is 14.2. The molecule has 0 spiro atoms. The summed E-state index contributed by atoms with van der Waals surface area (Å²) in [7, 11) is -3.67. The van der Waals surface area contributed by atoms with Gasteiger partial charge in [0.15, 0.2) is 0 Å². The van der Waals surface area contributed by atoms with E-state index in [9.17, 15) is 17.6 Å². The first-order chi connectivity index (χ1) is 11.3. The predicted molar refractivity (Wildman–Crippen MR) is 92.8 cm³/mol. The Morgan fingerprint density at radius 1 is 1.25 bits per heavy atom. The molecular weight excluding hydrogens is 331 g/mol. The highest BCUT2D eigenvalue weighted by Gasteiger charge is 2.29. The van der Waals surface area contributed by atoms with Crippen LogP contribution < -0.4 is 9.62 Å². The number of hydrogen-bond acceptors (Lipinski definition) is 3. The lowest BCUT2D eigenvalue weighted by molar-refractivity contribution is -0.122. The van der Waals surface area contributed by atoms with E-state index in [1.54, 1.807) is 6.92 Å². The van der Waals surface area contributed by atoms with Gasteiger partial charge in [0, 0.05) is 6.54 Å². The van der Waals surface area contributed by atoms with Crippen LogP contribution in [0.3, 0.4) is 0 Å². The molecule has 1 aromatic carbocycles. The summed E-state index contributed by atoms with van der Waals surface area (Å²) in [5, 5.41) is 2.87. The fourth-order valence-corrected chi connectivity index (χ4v) is 4.36. The average Bonchev–Trinajstić information content (AvgIpc) is 2.54. The maximum Gasteiger partial charge on any atom is 0.243 e. The van der Waals surface area contributed by atoms with Gasteiger partial charge < -0.3 is 5.32 Å². The maximum absolute atomic E-state index is 13.1. The van der Waals surface area contributed by atoms with E-state index in [4.69, 9.17) is 0 Å². The predicted octanol–water partition coefficient (Wildman–Crippen LogP) is 2.68. The van der Waals surface area contributed by atoms with E-state index in [0.29, 0.717) is 12.5 Å². The molecule has 0 aromatic heterocycles. The highest BCUT2D eigenvalue weighted by molar-refractivity contribution is 7.92.